The minimum atomic E-state index is -0.309. The lowest BCUT2D eigenvalue weighted by atomic mass is 10.1. The predicted octanol–water partition coefficient (Wildman–Crippen LogP) is 3.09. The molecule has 0 unspecified atom stereocenters. The lowest BCUT2D eigenvalue weighted by Gasteiger charge is -2.10. The van der Waals surface area contributed by atoms with Crippen LogP contribution in [-0.2, 0) is 6.42 Å². The maximum Gasteiger partial charge on any atom is 0.125 e. The number of fused-ring (bicyclic) bond motifs is 1. The highest BCUT2D eigenvalue weighted by molar-refractivity contribution is 5.73. The van der Waals surface area contributed by atoms with Gasteiger partial charge in [-0.3, -0.25) is 0 Å². The highest BCUT2D eigenvalue weighted by atomic mass is 19.1. The summed E-state index contributed by atoms with van der Waals surface area (Å²) in [6, 6.07) is 10.1. The van der Waals surface area contributed by atoms with E-state index in [0.29, 0.717) is 11.4 Å². The van der Waals surface area contributed by atoms with Gasteiger partial charge in [-0.1, -0.05) is 0 Å². The maximum atomic E-state index is 13.2. The molecule has 0 amide bonds. The van der Waals surface area contributed by atoms with Crippen LogP contribution in [0.15, 0.2) is 36.4 Å². The molecule has 1 heterocycles. The highest BCUT2D eigenvalue weighted by Gasteiger charge is 2.12. The molecule has 3 nitrogen and oxygen atoms in total. The van der Waals surface area contributed by atoms with Crippen molar-refractivity contribution in [1.82, 2.24) is 0 Å². The molecule has 0 aromatic heterocycles. The van der Waals surface area contributed by atoms with Crippen molar-refractivity contribution in [2.45, 2.75) is 6.42 Å². The quantitative estimate of drug-likeness (QED) is 0.798. The minimum absolute atomic E-state index is 0.309. The molecule has 1 aliphatic rings. The van der Waals surface area contributed by atoms with Gasteiger partial charge in [0.25, 0.3) is 0 Å². The van der Waals surface area contributed by atoms with Crippen molar-refractivity contribution in [3.63, 3.8) is 0 Å². The summed E-state index contributed by atoms with van der Waals surface area (Å²) in [6.45, 7) is 0.723. The fourth-order valence-corrected chi connectivity index (χ4v) is 2.06. The summed E-state index contributed by atoms with van der Waals surface area (Å²) >= 11 is 0. The predicted molar refractivity (Wildman–Crippen MR) is 69.7 cm³/mol. The second-order valence-corrected chi connectivity index (χ2v) is 4.28. The van der Waals surface area contributed by atoms with Crippen LogP contribution in [0.5, 0.6) is 5.75 Å². The van der Waals surface area contributed by atoms with Crippen molar-refractivity contribution >= 4 is 17.1 Å². The van der Waals surface area contributed by atoms with Gasteiger partial charge < -0.3 is 15.8 Å². The third-order valence-corrected chi connectivity index (χ3v) is 2.98. The van der Waals surface area contributed by atoms with Gasteiger partial charge in [-0.25, -0.2) is 4.39 Å². The molecule has 92 valence electrons. The summed E-state index contributed by atoms with van der Waals surface area (Å²) in [6.07, 6.45) is 0.906. The fourth-order valence-electron chi connectivity index (χ4n) is 2.06. The molecule has 0 saturated heterocycles. The molecule has 0 fully saturated rings. The fraction of sp³-hybridized carbons (Fsp3) is 0.143. The zero-order chi connectivity index (χ0) is 12.5. The Morgan fingerprint density at radius 2 is 2.06 bits per heavy atom. The van der Waals surface area contributed by atoms with E-state index in [4.69, 9.17) is 10.5 Å². The molecule has 3 N–H and O–H groups in total. The average Bonchev–Trinajstić information content (AvgIpc) is 2.81. The van der Waals surface area contributed by atoms with Gasteiger partial charge in [-0.05, 0) is 42.0 Å². The summed E-state index contributed by atoms with van der Waals surface area (Å²) in [5.74, 6) is 0.615. The number of nitrogens with one attached hydrogen (secondary N) is 1. The van der Waals surface area contributed by atoms with Gasteiger partial charge in [-0.2, -0.15) is 0 Å². The van der Waals surface area contributed by atoms with Crippen molar-refractivity contribution in [1.29, 1.82) is 0 Å². The molecule has 0 bridgehead atoms. The number of hydrogen-bond donors (Lipinski definition) is 2. The van der Waals surface area contributed by atoms with Crippen LogP contribution in [0, 0.1) is 5.82 Å². The Hall–Kier alpha value is -2.23. The molecule has 0 saturated carbocycles. The van der Waals surface area contributed by atoms with E-state index in [9.17, 15) is 4.39 Å². The van der Waals surface area contributed by atoms with E-state index < -0.39 is 0 Å². The summed E-state index contributed by atoms with van der Waals surface area (Å²) in [5, 5.41) is 3.12. The number of anilines is 3. The molecule has 1 aliphatic heterocycles. The lowest BCUT2D eigenvalue weighted by Crippen LogP contribution is -1.97. The molecule has 0 spiro atoms. The van der Waals surface area contributed by atoms with Crippen molar-refractivity contribution in [3.05, 3.63) is 47.8 Å². The number of rotatable bonds is 2. The van der Waals surface area contributed by atoms with Crippen LogP contribution in [0.4, 0.5) is 21.5 Å². The molecular weight excluding hydrogens is 231 g/mol. The van der Waals surface area contributed by atoms with Crippen LogP contribution < -0.4 is 15.8 Å². The van der Waals surface area contributed by atoms with Crippen LogP contribution in [0.25, 0.3) is 0 Å². The highest BCUT2D eigenvalue weighted by Crippen LogP contribution is 2.30. The normalized spacial score (nSPS) is 12.9. The van der Waals surface area contributed by atoms with Crippen LogP contribution in [0.3, 0.4) is 0 Å². The largest absolute Gasteiger partial charge is 0.493 e. The topological polar surface area (TPSA) is 47.3 Å². The van der Waals surface area contributed by atoms with Crippen LogP contribution >= 0.6 is 0 Å². The molecule has 2 aromatic carbocycles. The first kappa shape index (κ1) is 10.9. The van der Waals surface area contributed by atoms with E-state index in [1.54, 1.807) is 6.07 Å². The SMILES string of the molecule is Nc1ccc(F)cc1Nc1ccc2c(c1)CCO2. The molecule has 18 heavy (non-hydrogen) atoms. The molecule has 3 rings (SSSR count). The van der Waals surface area contributed by atoms with E-state index in [2.05, 4.69) is 5.32 Å². The Balaban J connectivity index is 1.90. The van der Waals surface area contributed by atoms with E-state index >= 15 is 0 Å². The summed E-state index contributed by atoms with van der Waals surface area (Å²) in [4.78, 5) is 0. The van der Waals surface area contributed by atoms with Gasteiger partial charge in [0, 0.05) is 12.1 Å². The Bertz CT molecular complexity index is 598. The molecule has 4 heteroatoms. The zero-order valence-electron chi connectivity index (χ0n) is 9.74. The van der Waals surface area contributed by atoms with Crippen molar-refractivity contribution in [2.24, 2.45) is 0 Å². The Kier molecular flexibility index (Phi) is 2.55. The Morgan fingerprint density at radius 1 is 1.17 bits per heavy atom. The number of ether oxygens (including phenoxy) is 1. The molecule has 0 atom stereocenters. The second-order valence-electron chi connectivity index (χ2n) is 4.28. The smallest absolute Gasteiger partial charge is 0.125 e. The standard InChI is InChI=1S/C14H13FN2O/c15-10-1-3-12(16)13(8-10)17-11-2-4-14-9(7-11)5-6-18-14/h1-4,7-8,17H,5-6,16H2. The minimum Gasteiger partial charge on any atom is -0.493 e. The zero-order valence-corrected chi connectivity index (χ0v) is 9.74. The molecule has 0 aliphatic carbocycles. The van der Waals surface area contributed by atoms with E-state index in [0.717, 1.165) is 30.0 Å². The first-order valence-corrected chi connectivity index (χ1v) is 5.80. The van der Waals surface area contributed by atoms with Gasteiger partial charge in [0.15, 0.2) is 0 Å². The van der Waals surface area contributed by atoms with Crippen LogP contribution in [0.1, 0.15) is 5.56 Å². The number of hydrogen-bond acceptors (Lipinski definition) is 3. The number of halogens is 1. The van der Waals surface area contributed by atoms with E-state index in [1.165, 1.54) is 12.1 Å². The number of nitrogen functional groups attached to an aromatic ring is 1. The Morgan fingerprint density at radius 3 is 2.94 bits per heavy atom. The van der Waals surface area contributed by atoms with Crippen molar-refractivity contribution in [2.75, 3.05) is 17.7 Å². The summed E-state index contributed by atoms with van der Waals surface area (Å²) < 4.78 is 18.6. The van der Waals surface area contributed by atoms with Gasteiger partial charge >= 0.3 is 0 Å². The maximum absolute atomic E-state index is 13.2. The first-order valence-electron chi connectivity index (χ1n) is 5.80. The number of nitrogens with two attached hydrogens (primary N) is 1. The monoisotopic (exact) mass is 244 g/mol. The number of benzene rings is 2. The molecule has 2 aromatic rings. The van der Waals surface area contributed by atoms with Crippen molar-refractivity contribution in [3.8, 4) is 5.75 Å². The third kappa shape index (κ3) is 1.97. The Labute approximate surface area is 104 Å². The first-order chi connectivity index (χ1) is 8.72. The molecular formula is C14H13FN2O. The average molecular weight is 244 g/mol. The van der Waals surface area contributed by atoms with Gasteiger partial charge in [0.05, 0.1) is 18.0 Å². The van der Waals surface area contributed by atoms with E-state index in [-0.39, 0.29) is 5.82 Å². The van der Waals surface area contributed by atoms with E-state index in [1.807, 2.05) is 18.2 Å². The van der Waals surface area contributed by atoms with Gasteiger partial charge in [0.2, 0.25) is 0 Å². The van der Waals surface area contributed by atoms with Gasteiger partial charge in [-0.15, -0.1) is 0 Å². The lowest BCUT2D eigenvalue weighted by molar-refractivity contribution is 0.357. The third-order valence-electron chi connectivity index (χ3n) is 2.98. The summed E-state index contributed by atoms with van der Waals surface area (Å²) in [7, 11) is 0. The second kappa shape index (κ2) is 4.22. The van der Waals surface area contributed by atoms with Crippen LogP contribution in [0.2, 0.25) is 0 Å². The van der Waals surface area contributed by atoms with Crippen LogP contribution in [-0.4, -0.2) is 6.61 Å². The molecule has 0 radical (unpaired) electrons. The van der Waals surface area contributed by atoms with Crippen molar-refractivity contribution < 1.29 is 9.13 Å². The van der Waals surface area contributed by atoms with Gasteiger partial charge in [0.1, 0.15) is 11.6 Å². The summed E-state index contributed by atoms with van der Waals surface area (Å²) in [5.41, 5.74) is 8.94.